The van der Waals surface area contributed by atoms with Crippen molar-refractivity contribution in [3.05, 3.63) is 69.1 Å². The molecule has 0 saturated heterocycles. The highest BCUT2D eigenvalue weighted by atomic mass is 35.5. The molecule has 1 amide bonds. The van der Waals surface area contributed by atoms with Gasteiger partial charge in [0.25, 0.3) is 5.91 Å². The Morgan fingerprint density at radius 1 is 1.43 bits per heavy atom. The molecule has 0 unspecified atom stereocenters. The Labute approximate surface area is 132 Å². The minimum atomic E-state index is -0.313. The molecule has 2 aromatic rings. The SMILES string of the molecule is C=CCN(Cc1ccc(Cl)s1)C(=O)c1ccc(F)c(C)c1. The predicted molar refractivity (Wildman–Crippen MR) is 85.4 cm³/mol. The number of thiophene rings is 1. The molecule has 2 rings (SSSR count). The van der Waals surface area contributed by atoms with Gasteiger partial charge in [0, 0.05) is 17.0 Å². The third-order valence-corrected chi connectivity index (χ3v) is 4.23. The normalized spacial score (nSPS) is 10.4. The fourth-order valence-corrected chi connectivity index (χ4v) is 3.06. The van der Waals surface area contributed by atoms with Crippen LogP contribution in [-0.4, -0.2) is 17.4 Å². The van der Waals surface area contributed by atoms with Crippen LogP contribution in [0.2, 0.25) is 4.34 Å². The summed E-state index contributed by atoms with van der Waals surface area (Å²) < 4.78 is 14.0. The molecule has 21 heavy (non-hydrogen) atoms. The first-order chi connectivity index (χ1) is 10.0. The van der Waals surface area contributed by atoms with Gasteiger partial charge in [-0.2, -0.15) is 0 Å². The third kappa shape index (κ3) is 3.93. The van der Waals surface area contributed by atoms with Crippen molar-refractivity contribution in [1.82, 2.24) is 4.90 Å². The molecule has 0 bridgehead atoms. The third-order valence-electron chi connectivity index (χ3n) is 3.02. The second kappa shape index (κ2) is 6.87. The van der Waals surface area contributed by atoms with E-state index < -0.39 is 0 Å². The summed E-state index contributed by atoms with van der Waals surface area (Å²) in [5.74, 6) is -0.464. The van der Waals surface area contributed by atoms with E-state index in [0.717, 1.165) is 4.88 Å². The van der Waals surface area contributed by atoms with Crippen LogP contribution in [0.25, 0.3) is 0 Å². The molecule has 0 N–H and O–H groups in total. The van der Waals surface area contributed by atoms with Gasteiger partial charge in [0.2, 0.25) is 0 Å². The van der Waals surface area contributed by atoms with Crippen molar-refractivity contribution in [3.63, 3.8) is 0 Å². The molecule has 1 heterocycles. The molecule has 5 heteroatoms. The van der Waals surface area contributed by atoms with Crippen LogP contribution >= 0.6 is 22.9 Å². The zero-order valence-corrected chi connectivity index (χ0v) is 13.2. The van der Waals surface area contributed by atoms with Gasteiger partial charge in [-0.25, -0.2) is 4.39 Å². The highest BCUT2D eigenvalue weighted by Gasteiger charge is 2.16. The number of nitrogens with zero attached hydrogens (tertiary/aromatic N) is 1. The molecule has 0 radical (unpaired) electrons. The summed E-state index contributed by atoms with van der Waals surface area (Å²) in [5.41, 5.74) is 0.928. The van der Waals surface area contributed by atoms with E-state index in [2.05, 4.69) is 6.58 Å². The molecule has 0 aliphatic rings. The van der Waals surface area contributed by atoms with Crippen molar-refractivity contribution in [2.24, 2.45) is 0 Å². The van der Waals surface area contributed by atoms with E-state index in [9.17, 15) is 9.18 Å². The molecule has 0 aliphatic heterocycles. The number of hydrogen-bond acceptors (Lipinski definition) is 2. The largest absolute Gasteiger partial charge is 0.330 e. The van der Waals surface area contributed by atoms with Crippen LogP contribution in [0.3, 0.4) is 0 Å². The van der Waals surface area contributed by atoms with Gasteiger partial charge in [0.15, 0.2) is 0 Å². The Morgan fingerprint density at radius 3 is 2.76 bits per heavy atom. The lowest BCUT2D eigenvalue weighted by atomic mass is 10.1. The van der Waals surface area contributed by atoms with E-state index >= 15 is 0 Å². The van der Waals surface area contributed by atoms with Gasteiger partial charge in [-0.3, -0.25) is 4.79 Å². The lowest BCUT2D eigenvalue weighted by molar-refractivity contribution is 0.0764. The summed E-state index contributed by atoms with van der Waals surface area (Å²) in [4.78, 5) is 15.2. The maximum absolute atomic E-state index is 13.3. The second-order valence-electron chi connectivity index (χ2n) is 4.64. The average molecular weight is 324 g/mol. The van der Waals surface area contributed by atoms with Crippen LogP contribution in [0.5, 0.6) is 0 Å². The number of carbonyl (C=O) groups excluding carboxylic acids is 1. The lowest BCUT2D eigenvalue weighted by Gasteiger charge is -2.20. The van der Waals surface area contributed by atoms with Crippen molar-refractivity contribution in [2.75, 3.05) is 6.54 Å². The van der Waals surface area contributed by atoms with Gasteiger partial charge < -0.3 is 4.90 Å². The van der Waals surface area contributed by atoms with Crippen LogP contribution in [-0.2, 0) is 6.54 Å². The van der Waals surface area contributed by atoms with Crippen molar-refractivity contribution in [1.29, 1.82) is 0 Å². The molecule has 2 nitrogen and oxygen atoms in total. The Kier molecular flexibility index (Phi) is 5.15. The van der Waals surface area contributed by atoms with Crippen molar-refractivity contribution >= 4 is 28.8 Å². The number of benzene rings is 1. The maximum atomic E-state index is 13.3. The van der Waals surface area contributed by atoms with Gasteiger partial charge in [0.1, 0.15) is 5.82 Å². The van der Waals surface area contributed by atoms with E-state index in [1.807, 2.05) is 6.07 Å². The number of rotatable bonds is 5. The van der Waals surface area contributed by atoms with E-state index in [4.69, 9.17) is 11.6 Å². The van der Waals surface area contributed by atoms with E-state index in [1.54, 1.807) is 30.0 Å². The molecule has 1 aromatic heterocycles. The van der Waals surface area contributed by atoms with Crippen LogP contribution in [0.15, 0.2) is 43.0 Å². The van der Waals surface area contributed by atoms with E-state index in [1.165, 1.54) is 23.5 Å². The topological polar surface area (TPSA) is 20.3 Å². The van der Waals surface area contributed by atoms with Crippen molar-refractivity contribution in [3.8, 4) is 0 Å². The summed E-state index contributed by atoms with van der Waals surface area (Å²) in [6.45, 7) is 6.20. The molecule has 1 aromatic carbocycles. The molecule has 110 valence electrons. The van der Waals surface area contributed by atoms with Gasteiger partial charge in [-0.1, -0.05) is 17.7 Å². The van der Waals surface area contributed by atoms with Crippen molar-refractivity contribution in [2.45, 2.75) is 13.5 Å². The first-order valence-corrected chi connectivity index (χ1v) is 7.61. The van der Waals surface area contributed by atoms with Gasteiger partial charge >= 0.3 is 0 Å². The quantitative estimate of drug-likeness (QED) is 0.732. The first-order valence-electron chi connectivity index (χ1n) is 6.42. The smallest absolute Gasteiger partial charge is 0.254 e. The fraction of sp³-hybridized carbons (Fsp3) is 0.188. The van der Waals surface area contributed by atoms with Crippen LogP contribution in [0, 0.1) is 12.7 Å². The Balaban J connectivity index is 2.22. The molecule has 0 fully saturated rings. The van der Waals surface area contributed by atoms with E-state index in [0.29, 0.717) is 28.6 Å². The molecular weight excluding hydrogens is 309 g/mol. The molecule has 0 spiro atoms. The second-order valence-corrected chi connectivity index (χ2v) is 6.44. The molecule has 0 saturated carbocycles. The first kappa shape index (κ1) is 15.7. The highest BCUT2D eigenvalue weighted by Crippen LogP contribution is 2.23. The Morgan fingerprint density at radius 2 is 2.19 bits per heavy atom. The number of carbonyl (C=O) groups is 1. The summed E-state index contributed by atoms with van der Waals surface area (Å²) in [5, 5.41) is 0. The van der Waals surface area contributed by atoms with Crippen LogP contribution < -0.4 is 0 Å². The number of hydrogen-bond donors (Lipinski definition) is 0. The van der Waals surface area contributed by atoms with Gasteiger partial charge in [-0.15, -0.1) is 17.9 Å². The van der Waals surface area contributed by atoms with E-state index in [-0.39, 0.29) is 11.7 Å². The van der Waals surface area contributed by atoms with Crippen LogP contribution in [0.1, 0.15) is 20.8 Å². The summed E-state index contributed by atoms with van der Waals surface area (Å²) in [6.07, 6.45) is 1.67. The summed E-state index contributed by atoms with van der Waals surface area (Å²) in [7, 11) is 0. The summed E-state index contributed by atoms with van der Waals surface area (Å²) >= 11 is 7.35. The molecular formula is C16H15ClFNOS. The minimum absolute atomic E-state index is 0.150. The Hall–Kier alpha value is -1.65. The zero-order valence-electron chi connectivity index (χ0n) is 11.6. The maximum Gasteiger partial charge on any atom is 0.254 e. The summed E-state index contributed by atoms with van der Waals surface area (Å²) in [6, 6.07) is 8.08. The zero-order chi connectivity index (χ0) is 15.4. The predicted octanol–water partition coefficient (Wildman–Crippen LogP) is 4.68. The number of halogens is 2. The monoisotopic (exact) mass is 323 g/mol. The molecule has 0 aliphatic carbocycles. The number of amides is 1. The molecule has 0 atom stereocenters. The van der Waals surface area contributed by atoms with Gasteiger partial charge in [-0.05, 0) is 42.8 Å². The lowest BCUT2D eigenvalue weighted by Crippen LogP contribution is -2.30. The standard InChI is InChI=1S/C16H15ClFNOS/c1-3-8-19(10-13-5-7-15(17)21-13)16(20)12-4-6-14(18)11(2)9-12/h3-7,9H,1,8,10H2,2H3. The number of aryl methyl sites for hydroxylation is 1. The fourth-order valence-electron chi connectivity index (χ4n) is 1.96. The minimum Gasteiger partial charge on any atom is -0.330 e. The van der Waals surface area contributed by atoms with Gasteiger partial charge in [0.05, 0.1) is 10.9 Å². The Bertz CT molecular complexity index is 668. The van der Waals surface area contributed by atoms with Crippen LogP contribution in [0.4, 0.5) is 4.39 Å². The highest BCUT2D eigenvalue weighted by molar-refractivity contribution is 7.16. The average Bonchev–Trinajstić information content (AvgIpc) is 2.86. The van der Waals surface area contributed by atoms with Crippen molar-refractivity contribution < 1.29 is 9.18 Å².